The van der Waals surface area contributed by atoms with E-state index >= 15 is 0 Å². The summed E-state index contributed by atoms with van der Waals surface area (Å²) in [5, 5.41) is 9.18. The average molecular weight is 296 g/mol. The molecule has 20 heavy (non-hydrogen) atoms. The van der Waals surface area contributed by atoms with Gasteiger partial charge in [-0.3, -0.25) is 0 Å². The lowest BCUT2D eigenvalue weighted by atomic mass is 10.1. The summed E-state index contributed by atoms with van der Waals surface area (Å²) in [6, 6.07) is 5.96. The van der Waals surface area contributed by atoms with Crippen molar-refractivity contribution in [3.63, 3.8) is 0 Å². The standard InChI is InChI=1S/C15H18ClNO3/c1-10-9-20-11(2)8-17(10)13-5-3-12(14(16)7-13)4-6-15(18)19/h3-7,10-11H,8-9H2,1-2H3,(H,18,19)/b6-4+. The quantitative estimate of drug-likeness (QED) is 0.871. The van der Waals surface area contributed by atoms with E-state index in [0.717, 1.165) is 18.3 Å². The Morgan fingerprint density at radius 1 is 1.50 bits per heavy atom. The van der Waals surface area contributed by atoms with Crippen LogP contribution in [0, 0.1) is 0 Å². The van der Waals surface area contributed by atoms with E-state index in [1.807, 2.05) is 25.1 Å². The first-order valence-electron chi connectivity index (χ1n) is 6.56. The van der Waals surface area contributed by atoms with Gasteiger partial charge in [0.15, 0.2) is 0 Å². The Bertz CT molecular complexity index is 530. The smallest absolute Gasteiger partial charge is 0.328 e. The monoisotopic (exact) mass is 295 g/mol. The highest BCUT2D eigenvalue weighted by molar-refractivity contribution is 6.32. The van der Waals surface area contributed by atoms with Gasteiger partial charge in [-0.25, -0.2) is 4.79 Å². The number of hydrogen-bond acceptors (Lipinski definition) is 3. The molecule has 0 bridgehead atoms. The van der Waals surface area contributed by atoms with Crippen molar-refractivity contribution in [3.05, 3.63) is 34.9 Å². The third-order valence-electron chi connectivity index (χ3n) is 3.33. The summed E-state index contributed by atoms with van der Waals surface area (Å²) in [7, 11) is 0. The zero-order chi connectivity index (χ0) is 14.7. The lowest BCUT2D eigenvalue weighted by Crippen LogP contribution is -2.47. The number of carboxylic acid groups (broad SMARTS) is 1. The Morgan fingerprint density at radius 3 is 2.90 bits per heavy atom. The number of morpholine rings is 1. The third kappa shape index (κ3) is 3.52. The van der Waals surface area contributed by atoms with Gasteiger partial charge in [0.1, 0.15) is 0 Å². The first-order chi connectivity index (χ1) is 9.47. The normalized spacial score (nSPS) is 23.2. The zero-order valence-electron chi connectivity index (χ0n) is 11.5. The van der Waals surface area contributed by atoms with Crippen molar-refractivity contribution in [2.24, 2.45) is 0 Å². The van der Waals surface area contributed by atoms with Gasteiger partial charge in [-0.2, -0.15) is 0 Å². The number of anilines is 1. The lowest BCUT2D eigenvalue weighted by molar-refractivity contribution is -0.131. The number of halogens is 1. The molecular weight excluding hydrogens is 278 g/mol. The minimum Gasteiger partial charge on any atom is -0.478 e. The van der Waals surface area contributed by atoms with Crippen molar-refractivity contribution < 1.29 is 14.6 Å². The van der Waals surface area contributed by atoms with E-state index in [9.17, 15) is 4.79 Å². The SMILES string of the molecule is CC1CN(c2ccc(/C=C/C(=O)O)c(Cl)c2)C(C)CO1. The molecule has 2 rings (SSSR count). The number of carboxylic acids is 1. The maximum Gasteiger partial charge on any atom is 0.328 e. The summed E-state index contributed by atoms with van der Waals surface area (Å²) in [5.74, 6) is -0.985. The maximum atomic E-state index is 10.5. The molecule has 2 unspecified atom stereocenters. The number of rotatable bonds is 3. The summed E-state index contributed by atoms with van der Waals surface area (Å²) in [4.78, 5) is 12.8. The Hall–Kier alpha value is -1.52. The van der Waals surface area contributed by atoms with Gasteiger partial charge in [0.05, 0.1) is 12.7 Å². The van der Waals surface area contributed by atoms with Gasteiger partial charge in [0.25, 0.3) is 0 Å². The van der Waals surface area contributed by atoms with E-state index in [1.165, 1.54) is 6.08 Å². The molecule has 0 aromatic heterocycles. The van der Waals surface area contributed by atoms with Gasteiger partial charge >= 0.3 is 5.97 Å². The fourth-order valence-corrected chi connectivity index (χ4v) is 2.49. The number of hydrogen-bond donors (Lipinski definition) is 1. The third-order valence-corrected chi connectivity index (χ3v) is 3.66. The highest BCUT2D eigenvalue weighted by Crippen LogP contribution is 2.27. The van der Waals surface area contributed by atoms with E-state index < -0.39 is 5.97 Å². The molecule has 108 valence electrons. The first-order valence-corrected chi connectivity index (χ1v) is 6.94. The van der Waals surface area contributed by atoms with Crippen LogP contribution in [0.2, 0.25) is 5.02 Å². The highest BCUT2D eigenvalue weighted by Gasteiger charge is 2.23. The van der Waals surface area contributed by atoms with E-state index in [2.05, 4.69) is 11.8 Å². The van der Waals surface area contributed by atoms with Gasteiger partial charge in [0.2, 0.25) is 0 Å². The van der Waals surface area contributed by atoms with Crippen LogP contribution in [0.4, 0.5) is 5.69 Å². The molecule has 5 heteroatoms. The Balaban J connectivity index is 2.22. The van der Waals surface area contributed by atoms with E-state index in [-0.39, 0.29) is 6.10 Å². The van der Waals surface area contributed by atoms with Crippen LogP contribution in [0.5, 0.6) is 0 Å². The van der Waals surface area contributed by atoms with E-state index in [1.54, 1.807) is 0 Å². The van der Waals surface area contributed by atoms with Crippen molar-refractivity contribution in [3.8, 4) is 0 Å². The van der Waals surface area contributed by atoms with Crippen LogP contribution in [-0.4, -0.2) is 36.4 Å². The molecule has 4 nitrogen and oxygen atoms in total. The Labute approximate surface area is 123 Å². The predicted octanol–water partition coefficient (Wildman–Crippen LogP) is 3.05. The number of carbonyl (C=O) groups is 1. The molecule has 0 amide bonds. The second-order valence-corrected chi connectivity index (χ2v) is 5.43. The molecule has 1 saturated heterocycles. The number of ether oxygens (including phenoxy) is 1. The molecule has 0 spiro atoms. The molecule has 1 aliphatic rings. The van der Waals surface area contributed by atoms with Crippen molar-refractivity contribution in [2.75, 3.05) is 18.1 Å². The predicted molar refractivity (Wildman–Crippen MR) is 80.3 cm³/mol. The topological polar surface area (TPSA) is 49.8 Å². The van der Waals surface area contributed by atoms with Crippen LogP contribution in [0.25, 0.3) is 6.08 Å². The molecule has 0 saturated carbocycles. The molecule has 1 N–H and O–H groups in total. The van der Waals surface area contributed by atoms with Crippen molar-refractivity contribution in [1.82, 2.24) is 0 Å². The fourth-order valence-electron chi connectivity index (χ4n) is 2.25. The van der Waals surface area contributed by atoms with Crippen molar-refractivity contribution in [1.29, 1.82) is 0 Å². The summed E-state index contributed by atoms with van der Waals surface area (Å²) in [6.07, 6.45) is 2.77. The summed E-state index contributed by atoms with van der Waals surface area (Å²) in [5.41, 5.74) is 1.73. The van der Waals surface area contributed by atoms with Gasteiger partial charge in [0, 0.05) is 29.4 Å². The molecule has 1 heterocycles. The largest absolute Gasteiger partial charge is 0.478 e. The molecular formula is C15H18ClNO3. The Kier molecular flexibility index (Phi) is 4.68. The number of benzene rings is 1. The molecule has 1 aromatic carbocycles. The first kappa shape index (κ1) is 14.9. The summed E-state index contributed by atoms with van der Waals surface area (Å²) >= 11 is 6.21. The maximum absolute atomic E-state index is 10.5. The van der Waals surface area contributed by atoms with Gasteiger partial charge < -0.3 is 14.7 Å². The second-order valence-electron chi connectivity index (χ2n) is 5.02. The van der Waals surface area contributed by atoms with Crippen LogP contribution in [-0.2, 0) is 9.53 Å². The van der Waals surface area contributed by atoms with Gasteiger partial charge in [-0.1, -0.05) is 17.7 Å². The van der Waals surface area contributed by atoms with Crippen LogP contribution < -0.4 is 4.90 Å². The molecule has 0 aliphatic carbocycles. The van der Waals surface area contributed by atoms with Crippen molar-refractivity contribution in [2.45, 2.75) is 26.0 Å². The van der Waals surface area contributed by atoms with Crippen LogP contribution in [0.1, 0.15) is 19.4 Å². The van der Waals surface area contributed by atoms with Crippen LogP contribution in [0.15, 0.2) is 24.3 Å². The number of nitrogens with zero attached hydrogens (tertiary/aromatic N) is 1. The van der Waals surface area contributed by atoms with Gasteiger partial charge in [-0.15, -0.1) is 0 Å². The van der Waals surface area contributed by atoms with Crippen LogP contribution in [0.3, 0.4) is 0 Å². The summed E-state index contributed by atoms with van der Waals surface area (Å²) in [6.45, 7) is 5.67. The molecule has 1 aliphatic heterocycles. The lowest BCUT2D eigenvalue weighted by Gasteiger charge is -2.38. The van der Waals surface area contributed by atoms with E-state index in [4.69, 9.17) is 21.4 Å². The fraction of sp³-hybridized carbons (Fsp3) is 0.400. The molecule has 1 aromatic rings. The highest BCUT2D eigenvalue weighted by atomic mass is 35.5. The van der Waals surface area contributed by atoms with Crippen molar-refractivity contribution >= 4 is 29.3 Å². The molecule has 1 fully saturated rings. The summed E-state index contributed by atoms with van der Waals surface area (Å²) < 4.78 is 5.61. The minimum atomic E-state index is -0.985. The number of aliphatic carboxylic acids is 1. The zero-order valence-corrected chi connectivity index (χ0v) is 12.3. The van der Waals surface area contributed by atoms with Crippen LogP contribution >= 0.6 is 11.6 Å². The molecule has 2 atom stereocenters. The Morgan fingerprint density at radius 2 is 2.25 bits per heavy atom. The average Bonchev–Trinajstić information content (AvgIpc) is 2.40. The van der Waals surface area contributed by atoms with E-state index in [0.29, 0.717) is 23.2 Å². The van der Waals surface area contributed by atoms with Gasteiger partial charge in [-0.05, 0) is 37.6 Å². The minimum absolute atomic E-state index is 0.191. The molecule has 0 radical (unpaired) electrons. The second kappa shape index (κ2) is 6.29.